The molecule has 2 saturated carbocycles. The molecule has 0 saturated heterocycles. The summed E-state index contributed by atoms with van der Waals surface area (Å²) in [7, 11) is 0. The van der Waals surface area contributed by atoms with Gasteiger partial charge in [-0.2, -0.15) is 5.10 Å². The summed E-state index contributed by atoms with van der Waals surface area (Å²) in [6.07, 6.45) is 7.85. The number of hydrogen-bond acceptors (Lipinski definition) is 6. The monoisotopic (exact) mass is 383 g/mol. The lowest BCUT2D eigenvalue weighted by molar-refractivity contribution is 0.0951. The first-order valence-corrected chi connectivity index (χ1v) is 10.1. The van der Waals surface area contributed by atoms with Crippen LogP contribution in [0.3, 0.4) is 0 Å². The summed E-state index contributed by atoms with van der Waals surface area (Å²) in [6.45, 7) is 0.561. The number of rotatable bonds is 0. The van der Waals surface area contributed by atoms with E-state index < -0.39 is 0 Å². The summed E-state index contributed by atoms with van der Waals surface area (Å²) in [5, 5.41) is 13.9. The van der Waals surface area contributed by atoms with Crippen LogP contribution in [-0.4, -0.2) is 39.5 Å². The van der Waals surface area contributed by atoms with Crippen LogP contribution in [0.4, 0.5) is 16.3 Å². The van der Waals surface area contributed by atoms with Gasteiger partial charge in [0.25, 0.3) is 0 Å². The van der Waals surface area contributed by atoms with Gasteiger partial charge in [-0.05, 0) is 51.0 Å². The molecule has 0 radical (unpaired) electrons. The number of alkyl carbamates (subject to hydrolysis) is 1. The average Bonchev–Trinajstić information content (AvgIpc) is 3.05. The van der Waals surface area contributed by atoms with Crippen LogP contribution in [0.2, 0.25) is 0 Å². The number of H-pyrrole nitrogens is 1. The molecule has 8 nitrogen and oxygen atoms in total. The molecule has 2 aromatic heterocycles. The van der Waals surface area contributed by atoms with Crippen molar-refractivity contribution >= 4 is 17.6 Å². The molecule has 6 bridgehead atoms. The highest BCUT2D eigenvalue weighted by molar-refractivity contribution is 5.69. The molecule has 2 fully saturated rings. The molecule has 3 aliphatic rings. The minimum Gasteiger partial charge on any atom is -0.478 e. The van der Waals surface area contributed by atoms with E-state index in [1.54, 1.807) is 6.20 Å². The number of hydrogen-bond donors (Lipinski definition) is 3. The van der Waals surface area contributed by atoms with E-state index in [2.05, 4.69) is 25.8 Å². The Morgan fingerprint density at radius 3 is 3.00 bits per heavy atom. The second-order valence-corrected chi connectivity index (χ2v) is 8.11. The number of carbonyl (C=O) groups is 1. The number of fused-ring (bicyclic) bond motifs is 7. The molecule has 28 heavy (non-hydrogen) atoms. The maximum atomic E-state index is 12.4. The molecule has 2 aromatic rings. The van der Waals surface area contributed by atoms with Gasteiger partial charge in [-0.15, -0.1) is 0 Å². The Hall–Kier alpha value is -2.77. The van der Waals surface area contributed by atoms with Crippen molar-refractivity contribution in [2.45, 2.75) is 62.5 Å². The quantitative estimate of drug-likeness (QED) is 0.642. The molecule has 5 rings (SSSR count). The van der Waals surface area contributed by atoms with Crippen LogP contribution >= 0.6 is 0 Å². The van der Waals surface area contributed by atoms with Crippen LogP contribution in [0.1, 0.15) is 56.6 Å². The third-order valence-electron chi connectivity index (χ3n) is 5.97. The van der Waals surface area contributed by atoms with E-state index in [0.29, 0.717) is 18.4 Å². The molecule has 1 amide bonds. The lowest BCUT2D eigenvalue weighted by atomic mass is 10.0. The summed E-state index contributed by atoms with van der Waals surface area (Å²) < 4.78 is 11.5. The first kappa shape index (κ1) is 17.3. The van der Waals surface area contributed by atoms with Crippen molar-refractivity contribution in [2.75, 3.05) is 11.9 Å². The first-order valence-electron chi connectivity index (χ1n) is 10.1. The van der Waals surface area contributed by atoms with E-state index in [4.69, 9.17) is 9.47 Å². The van der Waals surface area contributed by atoms with Crippen molar-refractivity contribution in [3.63, 3.8) is 0 Å². The van der Waals surface area contributed by atoms with Crippen molar-refractivity contribution in [3.05, 3.63) is 30.1 Å². The number of carbonyl (C=O) groups excluding carboxylic acids is 1. The smallest absolute Gasteiger partial charge is 0.407 e. The molecule has 0 unspecified atom stereocenters. The van der Waals surface area contributed by atoms with Crippen molar-refractivity contribution in [1.82, 2.24) is 20.5 Å². The molecule has 148 valence electrons. The minimum absolute atomic E-state index is 0.0366. The third-order valence-corrected chi connectivity index (χ3v) is 5.97. The highest BCUT2D eigenvalue weighted by Crippen LogP contribution is 2.41. The average molecular weight is 383 g/mol. The Bertz CT molecular complexity index is 863. The van der Waals surface area contributed by atoms with E-state index in [9.17, 15) is 4.79 Å². The number of nitrogens with zero attached hydrogens (tertiary/aromatic N) is 2. The zero-order valence-corrected chi connectivity index (χ0v) is 15.7. The molecule has 2 aliphatic carbocycles. The van der Waals surface area contributed by atoms with Crippen LogP contribution in [-0.2, 0) is 4.74 Å². The molecule has 3 N–H and O–H groups in total. The van der Waals surface area contributed by atoms with Crippen LogP contribution in [0.15, 0.2) is 24.4 Å². The summed E-state index contributed by atoms with van der Waals surface area (Å²) in [5.74, 6) is 1.66. The van der Waals surface area contributed by atoms with Gasteiger partial charge in [0.1, 0.15) is 6.10 Å². The van der Waals surface area contributed by atoms with E-state index >= 15 is 0 Å². The number of aromatic nitrogens is 3. The number of aromatic amines is 1. The second-order valence-electron chi connectivity index (χ2n) is 8.11. The SMILES string of the molecule is O=C1NC2(CCCOc3cc(ccn3)Nc3cc([nH]n3)[C@H]3CC[C@H](C3)O1)CC2. The second kappa shape index (κ2) is 7.00. The molecule has 2 atom stereocenters. The molecule has 8 heteroatoms. The Morgan fingerprint density at radius 1 is 1.18 bits per heavy atom. The van der Waals surface area contributed by atoms with Gasteiger partial charge in [0, 0.05) is 41.2 Å². The molecule has 0 aromatic carbocycles. The predicted molar refractivity (Wildman–Crippen MR) is 103 cm³/mol. The van der Waals surface area contributed by atoms with E-state index in [1.165, 1.54) is 0 Å². The number of amides is 1. The van der Waals surface area contributed by atoms with Gasteiger partial charge in [0.15, 0.2) is 5.82 Å². The fraction of sp³-hybridized carbons (Fsp3) is 0.550. The Balaban J connectivity index is 1.36. The van der Waals surface area contributed by atoms with Gasteiger partial charge in [0.2, 0.25) is 5.88 Å². The highest BCUT2D eigenvalue weighted by Gasteiger charge is 2.44. The van der Waals surface area contributed by atoms with Crippen LogP contribution in [0.25, 0.3) is 0 Å². The lowest BCUT2D eigenvalue weighted by Crippen LogP contribution is -2.39. The lowest BCUT2D eigenvalue weighted by Gasteiger charge is -2.19. The maximum absolute atomic E-state index is 12.4. The molecular formula is C20H25N5O3. The zero-order valence-electron chi connectivity index (χ0n) is 15.7. The number of anilines is 2. The fourth-order valence-electron chi connectivity index (χ4n) is 4.23. The van der Waals surface area contributed by atoms with Gasteiger partial charge in [-0.1, -0.05) is 0 Å². The highest BCUT2D eigenvalue weighted by atomic mass is 16.6. The van der Waals surface area contributed by atoms with Crippen LogP contribution in [0, 0.1) is 0 Å². The topological polar surface area (TPSA) is 101 Å². The Labute approximate surface area is 163 Å². The van der Waals surface area contributed by atoms with Crippen molar-refractivity contribution < 1.29 is 14.3 Å². The largest absolute Gasteiger partial charge is 0.478 e. The number of pyridine rings is 1. The van der Waals surface area contributed by atoms with Crippen LogP contribution in [0.5, 0.6) is 5.88 Å². The normalized spacial score (nSPS) is 26.2. The molecule has 3 heterocycles. The van der Waals surface area contributed by atoms with Gasteiger partial charge < -0.3 is 20.1 Å². The van der Waals surface area contributed by atoms with Crippen molar-refractivity contribution in [3.8, 4) is 5.88 Å². The fourth-order valence-corrected chi connectivity index (χ4v) is 4.23. The first-order chi connectivity index (χ1) is 13.7. The Morgan fingerprint density at radius 2 is 2.11 bits per heavy atom. The summed E-state index contributed by atoms with van der Waals surface area (Å²) >= 11 is 0. The standard InChI is InChI=1S/C20H25N5O3/c26-19-23-20(6-7-20)5-1-9-27-18-11-14(4-8-21-18)22-17-12-16(24-25-17)13-2-3-15(10-13)28-19/h4,8,11-13,15H,1-3,5-7,9-10H2,(H,23,26)(H2,22,24,25)/t13-,15+/m0/s1. The third kappa shape index (κ3) is 3.76. The Kier molecular flexibility index (Phi) is 4.33. The predicted octanol–water partition coefficient (Wildman–Crippen LogP) is 3.62. The van der Waals surface area contributed by atoms with Crippen molar-refractivity contribution in [2.24, 2.45) is 0 Å². The maximum Gasteiger partial charge on any atom is 0.407 e. The summed E-state index contributed by atoms with van der Waals surface area (Å²) in [6, 6.07) is 5.80. The van der Waals surface area contributed by atoms with E-state index in [0.717, 1.165) is 62.1 Å². The van der Waals surface area contributed by atoms with E-state index in [-0.39, 0.29) is 17.7 Å². The zero-order chi connectivity index (χ0) is 19.0. The van der Waals surface area contributed by atoms with Gasteiger partial charge in [-0.25, -0.2) is 9.78 Å². The molecule has 1 spiro atoms. The molecular weight excluding hydrogens is 358 g/mol. The minimum atomic E-state index is -0.286. The van der Waals surface area contributed by atoms with Gasteiger partial charge in [-0.3, -0.25) is 5.10 Å². The van der Waals surface area contributed by atoms with Crippen LogP contribution < -0.4 is 15.4 Å². The van der Waals surface area contributed by atoms with Gasteiger partial charge >= 0.3 is 6.09 Å². The number of nitrogens with one attached hydrogen (secondary N) is 3. The summed E-state index contributed by atoms with van der Waals surface area (Å²) in [4.78, 5) is 16.6. The number of ether oxygens (including phenoxy) is 2. The van der Waals surface area contributed by atoms with Gasteiger partial charge in [0.05, 0.1) is 6.61 Å². The van der Waals surface area contributed by atoms with E-state index in [1.807, 2.05) is 18.2 Å². The van der Waals surface area contributed by atoms with Crippen molar-refractivity contribution in [1.29, 1.82) is 0 Å². The molecule has 1 aliphatic heterocycles. The summed E-state index contributed by atoms with van der Waals surface area (Å²) in [5.41, 5.74) is 1.85.